The number of hydrogen-bond donors (Lipinski definition) is 0. The van der Waals surface area contributed by atoms with Crippen molar-refractivity contribution in [2.45, 2.75) is 52.3 Å². The van der Waals surface area contributed by atoms with Crippen molar-refractivity contribution in [1.82, 2.24) is 0 Å². The Bertz CT molecular complexity index is 733. The Balaban J connectivity index is 2.70. The summed E-state index contributed by atoms with van der Waals surface area (Å²) >= 11 is 0. The molecule has 1 aromatic carbocycles. The minimum atomic E-state index is -4.83. The van der Waals surface area contributed by atoms with E-state index in [0.29, 0.717) is 5.57 Å². The van der Waals surface area contributed by atoms with Gasteiger partial charge in [0.2, 0.25) is 0 Å². The van der Waals surface area contributed by atoms with Gasteiger partial charge in [0, 0.05) is 14.7 Å². The Kier molecular flexibility index (Phi) is 5.53. The first-order valence-electron chi connectivity index (χ1n) is 8.41. The van der Waals surface area contributed by atoms with Gasteiger partial charge in [-0.15, -0.1) is 0 Å². The van der Waals surface area contributed by atoms with Gasteiger partial charge in [-0.2, -0.15) is 26.3 Å². The maximum absolute atomic E-state index is 13.2. The number of benzene rings is 1. The van der Waals surface area contributed by atoms with E-state index >= 15 is 0 Å². The summed E-state index contributed by atoms with van der Waals surface area (Å²) < 4.78 is 79.2. The molecule has 1 aliphatic rings. The summed E-state index contributed by atoms with van der Waals surface area (Å²) in [5.41, 5.74) is 0.916. The van der Waals surface area contributed by atoms with Crippen LogP contribution in [-0.2, 0) is 12.4 Å². The predicted molar refractivity (Wildman–Crippen MR) is 94.6 cm³/mol. The molecular weight excluding hydrogens is 370 g/mol. The average molecular weight is 392 g/mol. The van der Waals surface area contributed by atoms with Gasteiger partial charge in [0.05, 0.1) is 11.1 Å². The Morgan fingerprint density at radius 3 is 1.65 bits per heavy atom. The van der Waals surface area contributed by atoms with Gasteiger partial charge in [-0.1, -0.05) is 18.7 Å². The van der Waals surface area contributed by atoms with Gasteiger partial charge in [-0.25, -0.2) is 0 Å². The zero-order valence-corrected chi connectivity index (χ0v) is 16.5. The second-order valence-electron chi connectivity index (χ2n) is 7.32. The van der Waals surface area contributed by atoms with Crippen molar-refractivity contribution >= 4 is 14.4 Å². The summed E-state index contributed by atoms with van der Waals surface area (Å²) in [5.74, 6) is -0.105. The summed E-state index contributed by atoms with van der Waals surface area (Å²) in [4.78, 5) is 0. The van der Waals surface area contributed by atoms with Gasteiger partial charge in [0.1, 0.15) is 0 Å². The third-order valence-corrected chi connectivity index (χ3v) is 6.45. The van der Waals surface area contributed by atoms with Crippen molar-refractivity contribution in [2.75, 3.05) is 0 Å². The Morgan fingerprint density at radius 2 is 1.27 bits per heavy atom. The van der Waals surface area contributed by atoms with Gasteiger partial charge < -0.3 is 0 Å². The maximum Gasteiger partial charge on any atom is 0.416 e. The van der Waals surface area contributed by atoms with Gasteiger partial charge in [-0.3, -0.25) is 0 Å². The summed E-state index contributed by atoms with van der Waals surface area (Å²) in [7, 11) is -1.08. The van der Waals surface area contributed by atoms with E-state index in [1.54, 1.807) is 6.92 Å². The first kappa shape index (κ1) is 20.8. The summed E-state index contributed by atoms with van der Waals surface area (Å²) in [5, 5.41) is 0. The fourth-order valence-corrected chi connectivity index (χ4v) is 5.06. The van der Waals surface area contributed by atoms with Crippen molar-refractivity contribution in [3.63, 3.8) is 0 Å². The minimum Gasteiger partial charge on any atom is -0.166 e. The topological polar surface area (TPSA) is 0 Å². The fraction of sp³-hybridized carbons (Fsp3) is 0.474. The number of allylic oxidation sites excluding steroid dienone is 4. The first-order valence-corrected chi connectivity index (χ1v) is 11.5. The van der Waals surface area contributed by atoms with Crippen LogP contribution in [0.3, 0.4) is 0 Å². The summed E-state index contributed by atoms with van der Waals surface area (Å²) in [6.07, 6.45) is -9.66. The third-order valence-electron chi connectivity index (χ3n) is 5.03. The molecule has 0 spiro atoms. The molecule has 144 valence electrons. The maximum atomic E-state index is 13.2. The van der Waals surface area contributed by atoms with Crippen LogP contribution >= 0.6 is 0 Å². The molecule has 7 heteroatoms. The first-order chi connectivity index (χ1) is 11.7. The molecule has 0 bridgehead atoms. The van der Waals surface area contributed by atoms with Crippen LogP contribution in [0.5, 0.6) is 0 Å². The predicted octanol–water partition coefficient (Wildman–Crippen LogP) is 6.95. The molecular formula is C19H22F6Si. The van der Waals surface area contributed by atoms with Gasteiger partial charge in [-0.05, 0) is 67.3 Å². The third kappa shape index (κ3) is 4.08. The van der Waals surface area contributed by atoms with Crippen LogP contribution in [0.2, 0.25) is 19.1 Å². The lowest BCUT2D eigenvalue weighted by Gasteiger charge is -2.22. The van der Waals surface area contributed by atoms with Crippen molar-refractivity contribution in [3.05, 3.63) is 51.6 Å². The number of hydrogen-bond acceptors (Lipinski definition) is 0. The van der Waals surface area contributed by atoms with Crippen LogP contribution in [0.1, 0.15) is 37.5 Å². The van der Waals surface area contributed by atoms with Crippen LogP contribution in [0, 0.1) is 5.92 Å². The van der Waals surface area contributed by atoms with Crippen LogP contribution < -0.4 is 0 Å². The van der Waals surface area contributed by atoms with Crippen molar-refractivity contribution in [2.24, 2.45) is 5.92 Å². The van der Waals surface area contributed by atoms with Gasteiger partial charge in [0.25, 0.3) is 0 Å². The summed E-state index contributed by atoms with van der Waals surface area (Å²) in [6, 6.07) is 2.71. The second kappa shape index (κ2) is 6.91. The zero-order chi connectivity index (χ0) is 20.0. The van der Waals surface area contributed by atoms with Gasteiger partial charge >= 0.3 is 12.4 Å². The highest BCUT2D eigenvalue weighted by Gasteiger charge is 2.38. The lowest BCUT2D eigenvalue weighted by atomic mass is 9.89. The molecule has 26 heavy (non-hydrogen) atoms. The highest BCUT2D eigenvalue weighted by atomic mass is 28.3. The molecule has 0 N–H and O–H groups in total. The van der Waals surface area contributed by atoms with Crippen LogP contribution in [0.4, 0.5) is 26.3 Å². The van der Waals surface area contributed by atoms with Crippen LogP contribution in [0.15, 0.2) is 34.9 Å². The average Bonchev–Trinajstić information content (AvgIpc) is 2.69. The molecule has 1 aliphatic carbocycles. The van der Waals surface area contributed by atoms with Crippen molar-refractivity contribution < 1.29 is 26.3 Å². The van der Waals surface area contributed by atoms with Gasteiger partial charge in [0.15, 0.2) is 0 Å². The molecule has 0 saturated heterocycles. The Morgan fingerprint density at radius 1 is 0.808 bits per heavy atom. The van der Waals surface area contributed by atoms with E-state index in [-0.39, 0.29) is 17.5 Å². The zero-order valence-electron chi connectivity index (χ0n) is 15.4. The molecule has 0 heterocycles. The van der Waals surface area contributed by atoms with Crippen LogP contribution in [0.25, 0.3) is 5.57 Å². The molecule has 0 amide bonds. The molecule has 1 unspecified atom stereocenters. The van der Waals surface area contributed by atoms with E-state index in [4.69, 9.17) is 0 Å². The largest absolute Gasteiger partial charge is 0.416 e. The normalized spacial score (nSPS) is 19.2. The quantitative estimate of drug-likeness (QED) is 0.386. The molecule has 0 radical (unpaired) electrons. The lowest BCUT2D eigenvalue weighted by molar-refractivity contribution is -0.143. The Labute approximate surface area is 151 Å². The van der Waals surface area contributed by atoms with E-state index < -0.39 is 32.3 Å². The minimum absolute atomic E-state index is 0.0282. The van der Waals surface area contributed by atoms with E-state index in [1.165, 1.54) is 0 Å². The number of alkyl halides is 6. The molecule has 1 atom stereocenters. The number of rotatable bonds is 3. The monoisotopic (exact) mass is 392 g/mol. The molecule has 0 saturated carbocycles. The van der Waals surface area contributed by atoms with E-state index in [9.17, 15) is 26.3 Å². The van der Waals surface area contributed by atoms with E-state index in [1.807, 2.05) is 13.8 Å². The molecule has 0 aromatic heterocycles. The van der Waals surface area contributed by atoms with Crippen molar-refractivity contribution in [3.8, 4) is 0 Å². The molecule has 2 rings (SSSR count). The second-order valence-corrected chi connectivity index (χ2v) is 10.6. The van der Waals surface area contributed by atoms with Crippen molar-refractivity contribution in [1.29, 1.82) is 0 Å². The smallest absolute Gasteiger partial charge is 0.166 e. The number of halogens is 6. The Hall–Kier alpha value is -1.50. The molecule has 1 aromatic rings. The highest BCUT2D eigenvalue weighted by molar-refractivity contribution is 6.56. The highest BCUT2D eigenvalue weighted by Crippen LogP contribution is 2.47. The molecule has 0 nitrogen and oxygen atoms in total. The molecule has 0 aliphatic heterocycles. The van der Waals surface area contributed by atoms with E-state index in [2.05, 4.69) is 13.1 Å². The standard InChI is InChI=1S/C19H22F6Si/c1-10-11(2)16(9-26(4)5)17(12(10)3)13-6-14(18(20,21)22)8-15(7-13)19(23,24)25/h6-8,16,26H,9H2,1-5H3. The molecule has 0 fully saturated rings. The lowest BCUT2D eigenvalue weighted by Crippen LogP contribution is -2.14. The fourth-order valence-electron chi connectivity index (χ4n) is 3.53. The summed E-state index contributed by atoms with van der Waals surface area (Å²) in [6.45, 7) is 9.84. The van der Waals surface area contributed by atoms with Crippen LogP contribution in [-0.4, -0.2) is 8.80 Å². The SMILES string of the molecule is CC1=C(C)C(C[SiH](C)C)C(c2cc(C(F)(F)F)cc(C(F)(F)F)c2)=C1C. The van der Waals surface area contributed by atoms with E-state index in [0.717, 1.165) is 34.9 Å².